The van der Waals surface area contributed by atoms with E-state index in [4.69, 9.17) is 20.8 Å². The number of unbranched alkanes of at least 4 members (excludes halogenated alkanes) is 2. The molecule has 0 saturated heterocycles. The van der Waals surface area contributed by atoms with Gasteiger partial charge in [0, 0.05) is 11.4 Å². The summed E-state index contributed by atoms with van der Waals surface area (Å²) in [6, 6.07) is 11.6. The van der Waals surface area contributed by atoms with Gasteiger partial charge in [0.2, 0.25) is 10.9 Å². The number of fused-ring (bicyclic) bond motifs is 2. The minimum Gasteiger partial charge on any atom is -0.494 e. The third-order valence-electron chi connectivity index (χ3n) is 6.17. The summed E-state index contributed by atoms with van der Waals surface area (Å²) in [5.74, 6) is 0.347. The van der Waals surface area contributed by atoms with Crippen molar-refractivity contribution in [3.8, 4) is 5.75 Å². The maximum atomic E-state index is 13.7. The minimum absolute atomic E-state index is 0.0203. The largest absolute Gasteiger partial charge is 0.494 e. The summed E-state index contributed by atoms with van der Waals surface area (Å²) < 4.78 is 11.8. The zero-order valence-electron chi connectivity index (χ0n) is 20.1. The molecule has 5 rings (SSSR count). The number of hydrogen-bond acceptors (Lipinski definition) is 7. The van der Waals surface area contributed by atoms with Gasteiger partial charge in [0.15, 0.2) is 5.43 Å². The van der Waals surface area contributed by atoms with Crippen molar-refractivity contribution in [1.29, 1.82) is 0 Å². The topological polar surface area (TPSA) is 85.5 Å². The number of ether oxygens (including phenoxy) is 1. The second kappa shape index (κ2) is 10.4. The van der Waals surface area contributed by atoms with Crippen LogP contribution in [0.1, 0.15) is 72.3 Å². The Bertz CT molecular complexity index is 1460. The maximum Gasteiger partial charge on any atom is 0.297 e. The monoisotopic (exact) mass is 523 g/mol. The quantitative estimate of drug-likeness (QED) is 0.231. The third-order valence-corrected chi connectivity index (χ3v) is 7.39. The number of halogens is 1. The lowest BCUT2D eigenvalue weighted by atomic mass is 9.98. The fourth-order valence-electron chi connectivity index (χ4n) is 4.40. The molecule has 186 valence electrons. The van der Waals surface area contributed by atoms with Gasteiger partial charge in [0.25, 0.3) is 5.91 Å². The number of hydrogen-bond donors (Lipinski definition) is 0. The van der Waals surface area contributed by atoms with E-state index in [2.05, 4.69) is 24.0 Å². The number of amides is 1. The summed E-state index contributed by atoms with van der Waals surface area (Å²) in [6.45, 7) is 4.86. The Morgan fingerprint density at radius 2 is 1.86 bits per heavy atom. The summed E-state index contributed by atoms with van der Waals surface area (Å²) in [5.41, 5.74) is 1.06. The Morgan fingerprint density at radius 3 is 2.61 bits per heavy atom. The second-order valence-electron chi connectivity index (χ2n) is 8.75. The lowest BCUT2D eigenvalue weighted by Crippen LogP contribution is -2.29. The van der Waals surface area contributed by atoms with Crippen LogP contribution in [0.2, 0.25) is 5.02 Å². The Labute approximate surface area is 217 Å². The molecule has 0 fully saturated rings. The van der Waals surface area contributed by atoms with Gasteiger partial charge in [-0.15, -0.1) is 10.2 Å². The van der Waals surface area contributed by atoms with Crippen LogP contribution in [-0.4, -0.2) is 22.7 Å². The zero-order valence-corrected chi connectivity index (χ0v) is 21.7. The van der Waals surface area contributed by atoms with E-state index >= 15 is 0 Å². The predicted molar refractivity (Wildman–Crippen MR) is 142 cm³/mol. The second-order valence-corrected chi connectivity index (χ2v) is 10.2. The van der Waals surface area contributed by atoms with Crippen molar-refractivity contribution in [3.63, 3.8) is 0 Å². The van der Waals surface area contributed by atoms with E-state index in [-0.39, 0.29) is 16.8 Å². The van der Waals surface area contributed by atoms with Crippen LogP contribution in [0.5, 0.6) is 5.75 Å². The molecule has 0 bridgehead atoms. The van der Waals surface area contributed by atoms with Crippen molar-refractivity contribution in [2.45, 2.75) is 52.0 Å². The van der Waals surface area contributed by atoms with Gasteiger partial charge < -0.3 is 9.15 Å². The van der Waals surface area contributed by atoms with E-state index < -0.39 is 11.9 Å². The van der Waals surface area contributed by atoms with E-state index in [0.717, 1.165) is 48.4 Å². The molecule has 7 nitrogen and oxygen atoms in total. The number of anilines is 1. The lowest BCUT2D eigenvalue weighted by molar-refractivity contribution is 0.0970. The summed E-state index contributed by atoms with van der Waals surface area (Å²) in [6.07, 6.45) is 4.91. The fraction of sp³-hybridized carbons (Fsp3) is 0.333. The lowest BCUT2D eigenvalue weighted by Gasteiger charge is -2.22. The van der Waals surface area contributed by atoms with Gasteiger partial charge in [-0.3, -0.25) is 14.5 Å². The first-order valence-electron chi connectivity index (χ1n) is 12.2. The molecule has 1 aliphatic heterocycles. The summed E-state index contributed by atoms with van der Waals surface area (Å²) in [5, 5.41) is 10.6. The molecule has 3 heterocycles. The third kappa shape index (κ3) is 4.51. The molecule has 9 heteroatoms. The Kier molecular flexibility index (Phi) is 7.07. The highest BCUT2D eigenvalue weighted by Gasteiger charge is 2.45. The number of aryl methyl sites for hydroxylation is 1. The molecule has 4 aromatic rings. The highest BCUT2D eigenvalue weighted by molar-refractivity contribution is 7.15. The molecule has 1 amide bonds. The van der Waals surface area contributed by atoms with Crippen molar-refractivity contribution in [3.05, 3.63) is 79.6 Å². The van der Waals surface area contributed by atoms with Crippen molar-refractivity contribution >= 4 is 44.9 Å². The van der Waals surface area contributed by atoms with Gasteiger partial charge in [-0.05, 0) is 48.7 Å². The molecule has 0 N–H and O–H groups in total. The number of nitrogens with zero attached hydrogens (tertiary/aromatic N) is 3. The SMILES string of the molecule is CCCCCOc1ccc(C2c3c(oc4ccc(Cl)cc4c3=O)C(=O)N2c2nnc(CCC)s2)cc1. The minimum atomic E-state index is -0.705. The summed E-state index contributed by atoms with van der Waals surface area (Å²) in [7, 11) is 0. The van der Waals surface area contributed by atoms with Gasteiger partial charge in [0.05, 0.1) is 23.6 Å². The fourth-order valence-corrected chi connectivity index (χ4v) is 5.54. The van der Waals surface area contributed by atoms with Crippen LogP contribution in [0.3, 0.4) is 0 Å². The molecular weight excluding hydrogens is 498 g/mol. The highest BCUT2D eigenvalue weighted by Crippen LogP contribution is 2.42. The number of carbonyl (C=O) groups excluding carboxylic acids is 1. The van der Waals surface area contributed by atoms with Gasteiger partial charge in [-0.1, -0.05) is 61.8 Å². The zero-order chi connectivity index (χ0) is 25.2. The first-order valence-corrected chi connectivity index (χ1v) is 13.4. The van der Waals surface area contributed by atoms with Gasteiger partial charge in [-0.2, -0.15) is 0 Å². The molecule has 0 saturated carbocycles. The maximum absolute atomic E-state index is 13.7. The molecule has 0 spiro atoms. The molecule has 1 atom stereocenters. The molecule has 1 aliphatic rings. The highest BCUT2D eigenvalue weighted by atomic mass is 35.5. The number of carbonyl (C=O) groups is 1. The van der Waals surface area contributed by atoms with Gasteiger partial charge >= 0.3 is 0 Å². The van der Waals surface area contributed by atoms with Crippen molar-refractivity contribution in [1.82, 2.24) is 10.2 Å². The average molecular weight is 524 g/mol. The van der Waals surface area contributed by atoms with Gasteiger partial charge in [-0.25, -0.2) is 0 Å². The van der Waals surface area contributed by atoms with E-state index in [1.165, 1.54) is 16.2 Å². The van der Waals surface area contributed by atoms with Crippen LogP contribution in [0.15, 0.2) is 51.7 Å². The first-order chi connectivity index (χ1) is 17.5. The first kappa shape index (κ1) is 24.5. The van der Waals surface area contributed by atoms with Crippen molar-refractivity contribution in [2.24, 2.45) is 0 Å². The Balaban J connectivity index is 1.60. The van der Waals surface area contributed by atoms with Gasteiger partial charge in [0.1, 0.15) is 16.3 Å². The van der Waals surface area contributed by atoms with Crippen LogP contribution < -0.4 is 15.1 Å². The molecule has 1 unspecified atom stereocenters. The number of aromatic nitrogens is 2. The van der Waals surface area contributed by atoms with Crippen molar-refractivity contribution in [2.75, 3.05) is 11.5 Å². The van der Waals surface area contributed by atoms with Crippen molar-refractivity contribution < 1.29 is 13.9 Å². The summed E-state index contributed by atoms with van der Waals surface area (Å²) >= 11 is 7.52. The van der Waals surface area contributed by atoms with Crippen LogP contribution in [0.4, 0.5) is 5.13 Å². The van der Waals surface area contributed by atoms with Crippen LogP contribution in [-0.2, 0) is 6.42 Å². The molecular formula is C27H26ClN3O4S. The molecule has 2 aromatic carbocycles. The predicted octanol–water partition coefficient (Wildman–Crippen LogP) is 6.57. The molecule has 36 heavy (non-hydrogen) atoms. The number of benzene rings is 2. The van der Waals surface area contributed by atoms with Crippen LogP contribution in [0, 0.1) is 0 Å². The summed E-state index contributed by atoms with van der Waals surface area (Å²) in [4.78, 5) is 28.9. The smallest absolute Gasteiger partial charge is 0.297 e. The van der Waals surface area contributed by atoms with E-state index in [0.29, 0.717) is 27.7 Å². The average Bonchev–Trinajstić information content (AvgIpc) is 3.45. The standard InChI is InChI=1S/C27H26ClN3O4S/c1-3-5-6-14-34-18-11-8-16(9-12-18)23-22-24(32)19-15-17(28)10-13-20(19)35-25(22)26(33)31(23)27-30-29-21(36-27)7-4-2/h8-13,15,23H,3-7,14H2,1-2H3. The van der Waals surface area contributed by atoms with E-state index in [1.54, 1.807) is 18.2 Å². The van der Waals surface area contributed by atoms with Crippen LogP contribution >= 0.6 is 22.9 Å². The van der Waals surface area contributed by atoms with Crippen LogP contribution in [0.25, 0.3) is 11.0 Å². The normalized spacial score (nSPS) is 15.0. The molecule has 2 aromatic heterocycles. The van der Waals surface area contributed by atoms with E-state index in [9.17, 15) is 9.59 Å². The molecule has 0 aliphatic carbocycles. The Hall–Kier alpha value is -3.23. The molecule has 0 radical (unpaired) electrons. The number of rotatable bonds is 9. The van der Waals surface area contributed by atoms with E-state index in [1.807, 2.05) is 24.3 Å². The Morgan fingerprint density at radius 1 is 1.06 bits per heavy atom.